The summed E-state index contributed by atoms with van der Waals surface area (Å²) in [7, 11) is -3.53. The third-order valence-corrected chi connectivity index (χ3v) is 6.81. The number of likely N-dealkylation sites (tertiary alicyclic amines) is 1. The van der Waals surface area contributed by atoms with E-state index in [1.54, 1.807) is 23.1 Å². The van der Waals surface area contributed by atoms with Crippen molar-refractivity contribution in [1.82, 2.24) is 4.90 Å². The summed E-state index contributed by atoms with van der Waals surface area (Å²) >= 11 is 3.34. The lowest BCUT2D eigenvalue weighted by Gasteiger charge is -2.32. The first-order chi connectivity index (χ1) is 14.4. The van der Waals surface area contributed by atoms with Crippen LogP contribution in [0.4, 0.5) is 0 Å². The van der Waals surface area contributed by atoms with Crippen LogP contribution in [-0.2, 0) is 20.4 Å². The van der Waals surface area contributed by atoms with Crippen molar-refractivity contribution in [3.63, 3.8) is 0 Å². The molecule has 0 atom stereocenters. The van der Waals surface area contributed by atoms with Crippen LogP contribution in [-0.4, -0.2) is 50.8 Å². The van der Waals surface area contributed by atoms with E-state index < -0.39 is 15.6 Å². The second-order valence-corrected chi connectivity index (χ2v) is 10.2. The quantitative estimate of drug-likeness (QED) is 0.556. The molecule has 0 aromatic heterocycles. The highest BCUT2D eigenvalue weighted by atomic mass is 79.9. The van der Waals surface area contributed by atoms with E-state index in [1.807, 2.05) is 37.3 Å². The molecule has 1 aliphatic heterocycles. The molecule has 2 aromatic rings. The zero-order chi connectivity index (χ0) is 21.6. The number of ether oxygens (including phenoxy) is 2. The lowest BCUT2D eigenvalue weighted by molar-refractivity contribution is -0.130. The number of amides is 1. The highest BCUT2D eigenvalue weighted by Crippen LogP contribution is 2.29. The molecule has 3 rings (SSSR count). The number of para-hydroxylation sites is 2. The van der Waals surface area contributed by atoms with Crippen LogP contribution in [0.25, 0.3) is 0 Å². The number of hydrogen-bond donors (Lipinski definition) is 0. The molecule has 1 amide bonds. The minimum absolute atomic E-state index is 0.0334. The summed E-state index contributed by atoms with van der Waals surface area (Å²) < 4.78 is 37.4. The zero-order valence-corrected chi connectivity index (χ0v) is 19.3. The molecule has 1 aliphatic rings. The van der Waals surface area contributed by atoms with Crippen LogP contribution >= 0.6 is 15.9 Å². The molecule has 30 heavy (non-hydrogen) atoms. The van der Waals surface area contributed by atoms with Crippen LogP contribution < -0.4 is 9.47 Å². The van der Waals surface area contributed by atoms with E-state index in [1.165, 1.54) is 0 Å². The second kappa shape index (κ2) is 10.3. The van der Waals surface area contributed by atoms with Crippen LogP contribution in [0, 0.1) is 0 Å². The van der Waals surface area contributed by atoms with Gasteiger partial charge in [-0.3, -0.25) is 4.79 Å². The average Bonchev–Trinajstić information content (AvgIpc) is 2.69. The van der Waals surface area contributed by atoms with E-state index in [-0.39, 0.29) is 17.8 Å². The van der Waals surface area contributed by atoms with E-state index in [0.29, 0.717) is 49.6 Å². The molecule has 0 aliphatic carbocycles. The molecule has 162 valence electrons. The lowest BCUT2D eigenvalue weighted by Crippen LogP contribution is -2.44. The van der Waals surface area contributed by atoms with Crippen molar-refractivity contribution in [3.05, 3.63) is 58.6 Å². The maximum atomic E-state index is 12.6. The van der Waals surface area contributed by atoms with Crippen molar-refractivity contribution in [1.29, 1.82) is 0 Å². The average molecular weight is 496 g/mol. The molecule has 1 saturated heterocycles. The third kappa shape index (κ3) is 6.47. The highest BCUT2D eigenvalue weighted by molar-refractivity contribution is 9.10. The molecule has 0 bridgehead atoms. The lowest BCUT2D eigenvalue weighted by atomic mass is 10.1. The molecular formula is C22H26BrNO5S. The predicted octanol–water partition coefficient (Wildman–Crippen LogP) is 3.83. The van der Waals surface area contributed by atoms with Gasteiger partial charge in [-0.05, 0) is 36.8 Å². The summed E-state index contributed by atoms with van der Waals surface area (Å²) in [6.45, 7) is 3.44. The van der Waals surface area contributed by atoms with E-state index in [4.69, 9.17) is 9.47 Å². The summed E-state index contributed by atoms with van der Waals surface area (Å²) in [6, 6.07) is 14.6. The van der Waals surface area contributed by atoms with Crippen LogP contribution in [0.5, 0.6) is 11.5 Å². The topological polar surface area (TPSA) is 72.9 Å². The van der Waals surface area contributed by atoms with E-state index in [0.717, 1.165) is 4.47 Å². The number of sulfone groups is 1. The summed E-state index contributed by atoms with van der Waals surface area (Å²) in [4.78, 5) is 14.2. The van der Waals surface area contributed by atoms with Gasteiger partial charge in [0.25, 0.3) is 0 Å². The summed E-state index contributed by atoms with van der Waals surface area (Å²) in [6.07, 6.45) is 1.27. The van der Waals surface area contributed by atoms with Gasteiger partial charge >= 0.3 is 0 Å². The number of carbonyl (C=O) groups is 1. The minimum atomic E-state index is -3.53. The number of benzene rings is 2. The molecular weight excluding hydrogens is 470 g/mol. The zero-order valence-electron chi connectivity index (χ0n) is 16.9. The largest absolute Gasteiger partial charge is 0.490 e. The highest BCUT2D eigenvalue weighted by Gasteiger charge is 2.27. The minimum Gasteiger partial charge on any atom is -0.490 e. The normalized spacial score (nSPS) is 15.1. The fourth-order valence-electron chi connectivity index (χ4n) is 3.44. The first-order valence-electron chi connectivity index (χ1n) is 9.97. The summed E-state index contributed by atoms with van der Waals surface area (Å²) in [5, 5.41) is 0. The summed E-state index contributed by atoms with van der Waals surface area (Å²) in [5.74, 6) is 0.431. The Labute approximate surface area is 186 Å². The summed E-state index contributed by atoms with van der Waals surface area (Å²) in [5.41, 5.74) is 0.664. The Morgan fingerprint density at radius 2 is 1.80 bits per heavy atom. The van der Waals surface area contributed by atoms with Gasteiger partial charge in [-0.25, -0.2) is 8.42 Å². The molecule has 0 spiro atoms. The van der Waals surface area contributed by atoms with Gasteiger partial charge in [-0.15, -0.1) is 0 Å². The van der Waals surface area contributed by atoms with Gasteiger partial charge in [0.05, 0.1) is 12.4 Å². The number of nitrogens with zero attached hydrogens (tertiary/aromatic N) is 1. The molecule has 1 heterocycles. The van der Waals surface area contributed by atoms with Crippen LogP contribution in [0.2, 0.25) is 0 Å². The molecule has 2 aromatic carbocycles. The van der Waals surface area contributed by atoms with Gasteiger partial charge in [0.1, 0.15) is 11.9 Å². The van der Waals surface area contributed by atoms with Crippen molar-refractivity contribution in [2.75, 3.05) is 25.4 Å². The molecule has 0 N–H and O–H groups in total. The molecule has 0 radical (unpaired) electrons. The molecule has 0 saturated carbocycles. The smallest absolute Gasteiger partial charge is 0.237 e. The number of rotatable bonds is 8. The number of piperidine rings is 1. The Kier molecular flexibility index (Phi) is 7.77. The fraction of sp³-hybridized carbons (Fsp3) is 0.409. The predicted molar refractivity (Wildman–Crippen MR) is 119 cm³/mol. The van der Waals surface area contributed by atoms with Gasteiger partial charge < -0.3 is 14.4 Å². The van der Waals surface area contributed by atoms with Gasteiger partial charge in [0.15, 0.2) is 21.3 Å². The Bertz CT molecular complexity index is 971. The fourth-order valence-corrected chi connectivity index (χ4v) is 5.23. The van der Waals surface area contributed by atoms with Crippen LogP contribution in [0.3, 0.4) is 0 Å². The van der Waals surface area contributed by atoms with Gasteiger partial charge in [0, 0.05) is 30.4 Å². The molecule has 0 unspecified atom stereocenters. The van der Waals surface area contributed by atoms with Gasteiger partial charge in [-0.2, -0.15) is 0 Å². The maximum absolute atomic E-state index is 12.6. The Hall–Kier alpha value is -2.06. The van der Waals surface area contributed by atoms with E-state index in [9.17, 15) is 13.2 Å². The van der Waals surface area contributed by atoms with Crippen molar-refractivity contribution in [3.8, 4) is 11.5 Å². The maximum Gasteiger partial charge on any atom is 0.237 e. The van der Waals surface area contributed by atoms with Crippen molar-refractivity contribution >= 4 is 31.7 Å². The molecule has 6 nitrogen and oxygen atoms in total. The number of hydrogen-bond acceptors (Lipinski definition) is 5. The van der Waals surface area contributed by atoms with Crippen LogP contribution in [0.1, 0.15) is 25.3 Å². The standard InChI is InChI=1S/C22H26BrNO5S/c1-2-28-20-8-3-4-9-21(20)29-19-10-12-24(13-11-19)22(25)16-30(26,27)15-17-6-5-7-18(23)14-17/h3-9,14,19H,2,10-13,15-16H2,1H3. The first kappa shape index (κ1) is 22.6. The number of carbonyl (C=O) groups excluding carboxylic acids is 1. The van der Waals surface area contributed by atoms with E-state index >= 15 is 0 Å². The van der Waals surface area contributed by atoms with Crippen molar-refractivity contribution in [2.24, 2.45) is 0 Å². The Morgan fingerprint density at radius 3 is 2.47 bits per heavy atom. The van der Waals surface area contributed by atoms with Crippen molar-refractivity contribution in [2.45, 2.75) is 31.6 Å². The molecule has 8 heteroatoms. The Morgan fingerprint density at radius 1 is 1.10 bits per heavy atom. The van der Waals surface area contributed by atoms with Gasteiger partial charge in [-0.1, -0.05) is 40.2 Å². The Balaban J connectivity index is 1.51. The number of halogens is 1. The SMILES string of the molecule is CCOc1ccccc1OC1CCN(C(=O)CS(=O)(=O)Cc2cccc(Br)c2)CC1. The molecule has 1 fully saturated rings. The van der Waals surface area contributed by atoms with E-state index in [2.05, 4.69) is 15.9 Å². The first-order valence-corrected chi connectivity index (χ1v) is 12.6. The second-order valence-electron chi connectivity index (χ2n) is 7.24. The third-order valence-electron chi connectivity index (χ3n) is 4.86. The van der Waals surface area contributed by atoms with Crippen LogP contribution in [0.15, 0.2) is 53.0 Å². The van der Waals surface area contributed by atoms with Crippen molar-refractivity contribution < 1.29 is 22.7 Å². The monoisotopic (exact) mass is 495 g/mol. The van der Waals surface area contributed by atoms with Gasteiger partial charge in [0.2, 0.25) is 5.91 Å².